The van der Waals surface area contributed by atoms with Crippen LogP contribution in [0.5, 0.6) is 5.88 Å². The Hall–Kier alpha value is -1.23. The molecule has 1 unspecified atom stereocenters. The minimum Gasteiger partial charge on any atom is -0.482 e. The van der Waals surface area contributed by atoms with Gasteiger partial charge in [-0.05, 0) is 30.7 Å². The van der Waals surface area contributed by atoms with Gasteiger partial charge in [-0.1, -0.05) is 12.5 Å². The number of hydrogen-bond donors (Lipinski definition) is 0. The van der Waals surface area contributed by atoms with Gasteiger partial charge in [0.25, 0.3) is 0 Å². The van der Waals surface area contributed by atoms with Gasteiger partial charge >= 0.3 is 0 Å². The van der Waals surface area contributed by atoms with E-state index in [0.29, 0.717) is 5.25 Å². The Bertz CT molecular complexity index is 519. The molecule has 2 aromatic heterocycles. The van der Waals surface area contributed by atoms with Gasteiger partial charge in [0, 0.05) is 0 Å². The number of pyridine rings is 1. The summed E-state index contributed by atoms with van der Waals surface area (Å²) in [5.74, 6) is 3.06. The fraction of sp³-hybridized carbons (Fsp3) is 0.500. The molecule has 1 aliphatic rings. The number of nitrogens with zero attached hydrogens (tertiary/aromatic N) is 3. The predicted molar refractivity (Wildman–Crippen MR) is 68.6 cm³/mol. The summed E-state index contributed by atoms with van der Waals surface area (Å²) in [7, 11) is 1.69. The lowest BCUT2D eigenvalue weighted by Gasteiger charge is -2.20. The number of fused-ring (bicyclic) bond motifs is 1. The third-order valence-corrected chi connectivity index (χ3v) is 4.47. The predicted octanol–water partition coefficient (Wildman–Crippen LogP) is 2.70. The molecule has 1 saturated heterocycles. The van der Waals surface area contributed by atoms with E-state index in [1.54, 1.807) is 7.11 Å². The molecule has 1 atom stereocenters. The van der Waals surface area contributed by atoms with Crippen molar-refractivity contribution in [2.24, 2.45) is 0 Å². The Morgan fingerprint density at radius 2 is 2.29 bits per heavy atom. The van der Waals surface area contributed by atoms with Crippen LogP contribution >= 0.6 is 11.8 Å². The van der Waals surface area contributed by atoms with Crippen molar-refractivity contribution < 1.29 is 4.74 Å². The van der Waals surface area contributed by atoms with Crippen molar-refractivity contribution in [1.29, 1.82) is 0 Å². The van der Waals surface area contributed by atoms with Crippen LogP contribution < -0.4 is 4.74 Å². The van der Waals surface area contributed by atoms with Crippen molar-refractivity contribution >= 4 is 17.4 Å². The summed E-state index contributed by atoms with van der Waals surface area (Å²) in [5, 5.41) is 9.02. The number of hydrogen-bond acceptors (Lipinski definition) is 4. The van der Waals surface area contributed by atoms with E-state index in [0.717, 1.165) is 17.4 Å². The molecule has 0 radical (unpaired) electrons. The normalized spacial score (nSPS) is 20.6. The average molecular weight is 249 g/mol. The minimum absolute atomic E-state index is 0.454. The topological polar surface area (TPSA) is 39.4 Å². The van der Waals surface area contributed by atoms with Crippen LogP contribution in [0, 0.1) is 0 Å². The first-order valence-electron chi connectivity index (χ1n) is 5.90. The van der Waals surface area contributed by atoms with Gasteiger partial charge in [-0.25, -0.2) is 4.40 Å². The third kappa shape index (κ3) is 1.88. The molecule has 17 heavy (non-hydrogen) atoms. The minimum atomic E-state index is 0.454. The van der Waals surface area contributed by atoms with Crippen LogP contribution in [-0.2, 0) is 0 Å². The standard InChI is InChI=1S/C12H15N3OS/c1-16-11-7-4-6-10-13-14-12(15(10)11)9-5-2-3-8-17-9/h4,6-7,9H,2-3,5,8H2,1H3. The van der Waals surface area contributed by atoms with E-state index in [9.17, 15) is 0 Å². The van der Waals surface area contributed by atoms with Crippen LogP contribution in [-0.4, -0.2) is 27.5 Å². The fourth-order valence-electron chi connectivity index (χ4n) is 2.25. The maximum atomic E-state index is 5.39. The van der Waals surface area contributed by atoms with Crippen molar-refractivity contribution in [3.05, 3.63) is 24.0 Å². The second-order valence-electron chi connectivity index (χ2n) is 4.18. The highest BCUT2D eigenvalue weighted by Gasteiger charge is 2.22. The zero-order chi connectivity index (χ0) is 11.7. The number of methoxy groups -OCH3 is 1. The number of ether oxygens (including phenoxy) is 1. The van der Waals surface area contributed by atoms with Crippen LogP contribution in [0.25, 0.3) is 5.65 Å². The smallest absolute Gasteiger partial charge is 0.200 e. The van der Waals surface area contributed by atoms with Crippen molar-refractivity contribution in [3.63, 3.8) is 0 Å². The van der Waals surface area contributed by atoms with Gasteiger partial charge in [0.2, 0.25) is 5.88 Å². The summed E-state index contributed by atoms with van der Waals surface area (Å²) < 4.78 is 7.42. The van der Waals surface area contributed by atoms with E-state index in [2.05, 4.69) is 10.2 Å². The van der Waals surface area contributed by atoms with Gasteiger partial charge < -0.3 is 4.74 Å². The van der Waals surface area contributed by atoms with Crippen LogP contribution in [0.4, 0.5) is 0 Å². The van der Waals surface area contributed by atoms with Crippen LogP contribution in [0.3, 0.4) is 0 Å². The summed E-state index contributed by atoms with van der Waals surface area (Å²) in [4.78, 5) is 0. The van der Waals surface area contributed by atoms with Crippen molar-refractivity contribution in [3.8, 4) is 5.88 Å². The molecule has 0 bridgehead atoms. The highest BCUT2D eigenvalue weighted by Crippen LogP contribution is 2.38. The number of rotatable bonds is 2. The van der Waals surface area contributed by atoms with E-state index in [-0.39, 0.29) is 0 Å². The van der Waals surface area contributed by atoms with Crippen LogP contribution in [0.2, 0.25) is 0 Å². The van der Waals surface area contributed by atoms with Crippen molar-refractivity contribution in [1.82, 2.24) is 14.6 Å². The monoisotopic (exact) mass is 249 g/mol. The first-order valence-corrected chi connectivity index (χ1v) is 6.94. The van der Waals surface area contributed by atoms with Crippen molar-refractivity contribution in [2.75, 3.05) is 12.9 Å². The Kier molecular flexibility index (Phi) is 2.93. The quantitative estimate of drug-likeness (QED) is 0.820. The molecular weight excluding hydrogens is 234 g/mol. The summed E-state index contributed by atoms with van der Waals surface area (Å²) in [6, 6.07) is 5.86. The molecule has 0 N–H and O–H groups in total. The largest absolute Gasteiger partial charge is 0.482 e. The molecule has 4 nitrogen and oxygen atoms in total. The van der Waals surface area contributed by atoms with Gasteiger partial charge in [0.1, 0.15) is 0 Å². The Labute approximate surface area is 104 Å². The lowest BCUT2D eigenvalue weighted by Crippen LogP contribution is -2.07. The van der Waals surface area contributed by atoms with Crippen molar-refractivity contribution in [2.45, 2.75) is 24.5 Å². The molecule has 5 heteroatoms. The maximum Gasteiger partial charge on any atom is 0.200 e. The second-order valence-corrected chi connectivity index (χ2v) is 5.49. The molecule has 0 saturated carbocycles. The van der Waals surface area contributed by atoms with Gasteiger partial charge in [0.15, 0.2) is 11.5 Å². The van der Waals surface area contributed by atoms with E-state index in [4.69, 9.17) is 4.74 Å². The second kappa shape index (κ2) is 4.56. The number of aromatic nitrogens is 3. The zero-order valence-electron chi connectivity index (χ0n) is 9.80. The lowest BCUT2D eigenvalue weighted by atomic mass is 10.2. The molecular formula is C12H15N3OS. The van der Waals surface area contributed by atoms with E-state index < -0.39 is 0 Å². The Morgan fingerprint density at radius 3 is 3.06 bits per heavy atom. The molecule has 1 aliphatic heterocycles. The molecule has 2 aromatic rings. The van der Waals surface area contributed by atoms with E-state index >= 15 is 0 Å². The molecule has 1 fully saturated rings. The average Bonchev–Trinajstić information content (AvgIpc) is 2.83. The maximum absolute atomic E-state index is 5.39. The SMILES string of the molecule is COc1cccc2nnc(C3CCCCS3)n12. The summed E-state index contributed by atoms with van der Waals surface area (Å²) in [6.45, 7) is 0. The van der Waals surface area contributed by atoms with E-state index in [1.165, 1.54) is 25.0 Å². The van der Waals surface area contributed by atoms with Gasteiger partial charge in [0.05, 0.1) is 12.4 Å². The van der Waals surface area contributed by atoms with Crippen LogP contribution in [0.15, 0.2) is 18.2 Å². The van der Waals surface area contributed by atoms with Crippen LogP contribution in [0.1, 0.15) is 30.3 Å². The summed E-state index contributed by atoms with van der Waals surface area (Å²) >= 11 is 1.98. The van der Waals surface area contributed by atoms with Gasteiger partial charge in [-0.15, -0.1) is 10.2 Å². The number of thioether (sulfide) groups is 1. The molecule has 90 valence electrons. The molecule has 0 amide bonds. The summed E-state index contributed by atoms with van der Waals surface area (Å²) in [6.07, 6.45) is 3.78. The first kappa shape index (κ1) is 10.9. The molecule has 0 aromatic carbocycles. The fourth-order valence-corrected chi connectivity index (χ4v) is 3.54. The van der Waals surface area contributed by atoms with Gasteiger partial charge in [-0.2, -0.15) is 11.8 Å². The third-order valence-electron chi connectivity index (χ3n) is 3.09. The highest BCUT2D eigenvalue weighted by atomic mass is 32.2. The first-order chi connectivity index (χ1) is 8.40. The lowest BCUT2D eigenvalue weighted by molar-refractivity contribution is 0.389. The van der Waals surface area contributed by atoms with Gasteiger partial charge in [-0.3, -0.25) is 0 Å². The highest BCUT2D eigenvalue weighted by molar-refractivity contribution is 7.99. The molecule has 3 heterocycles. The molecule has 0 aliphatic carbocycles. The molecule has 0 spiro atoms. The Balaban J connectivity index is 2.09. The summed E-state index contributed by atoms with van der Waals surface area (Å²) in [5.41, 5.74) is 0.866. The van der Waals surface area contributed by atoms with E-state index in [1.807, 2.05) is 34.4 Å². The molecule has 3 rings (SSSR count). The Morgan fingerprint density at radius 1 is 1.35 bits per heavy atom. The zero-order valence-corrected chi connectivity index (χ0v) is 10.6.